The van der Waals surface area contributed by atoms with Crippen molar-refractivity contribution >= 4 is 23.5 Å². The molecule has 0 spiro atoms. The van der Waals surface area contributed by atoms with Crippen molar-refractivity contribution in [3.8, 4) is 0 Å². The third kappa shape index (κ3) is 5.86. The van der Waals surface area contributed by atoms with Crippen molar-refractivity contribution < 1.29 is 41.0 Å². The van der Waals surface area contributed by atoms with Gasteiger partial charge in [-0.1, -0.05) is 29.8 Å². The SMILES string of the molecule is O=C(N[C@@H](Cc1ccccc1Cl)C(=O)O)c1cc(C(F)(F)F)cc(C(F)(F)F)c1. The molecule has 29 heavy (non-hydrogen) atoms. The molecule has 0 saturated carbocycles. The summed E-state index contributed by atoms with van der Waals surface area (Å²) < 4.78 is 77.5. The lowest BCUT2D eigenvalue weighted by atomic mass is 10.0. The molecule has 1 atom stereocenters. The molecular weight excluding hydrogens is 428 g/mol. The lowest BCUT2D eigenvalue weighted by molar-refractivity contribution is -0.143. The minimum atomic E-state index is -5.14. The van der Waals surface area contributed by atoms with E-state index in [1.807, 2.05) is 5.32 Å². The number of amides is 1. The van der Waals surface area contributed by atoms with Crippen LogP contribution in [0.5, 0.6) is 0 Å². The van der Waals surface area contributed by atoms with Crippen LogP contribution in [0, 0.1) is 0 Å². The summed E-state index contributed by atoms with van der Waals surface area (Å²) in [4.78, 5) is 23.7. The molecule has 4 nitrogen and oxygen atoms in total. The van der Waals surface area contributed by atoms with Crippen LogP contribution in [0.4, 0.5) is 26.3 Å². The molecule has 2 aromatic carbocycles. The number of carbonyl (C=O) groups excluding carboxylic acids is 1. The maximum absolute atomic E-state index is 12.9. The summed E-state index contributed by atoms with van der Waals surface area (Å²) in [6, 6.07) is 4.72. The largest absolute Gasteiger partial charge is 0.480 e. The van der Waals surface area contributed by atoms with Crippen LogP contribution in [0.2, 0.25) is 5.02 Å². The first kappa shape index (κ1) is 22.5. The maximum Gasteiger partial charge on any atom is 0.416 e. The van der Waals surface area contributed by atoms with Gasteiger partial charge in [-0.05, 0) is 29.8 Å². The topological polar surface area (TPSA) is 66.4 Å². The minimum Gasteiger partial charge on any atom is -0.480 e. The number of halogens is 7. The Morgan fingerprint density at radius 3 is 1.93 bits per heavy atom. The first-order chi connectivity index (χ1) is 13.3. The van der Waals surface area contributed by atoms with E-state index < -0.39 is 47.0 Å². The average Bonchev–Trinajstić information content (AvgIpc) is 2.60. The summed E-state index contributed by atoms with van der Waals surface area (Å²) in [6.45, 7) is 0. The Hall–Kier alpha value is -2.75. The summed E-state index contributed by atoms with van der Waals surface area (Å²) in [5, 5.41) is 11.4. The number of alkyl halides is 6. The summed E-state index contributed by atoms with van der Waals surface area (Å²) in [7, 11) is 0. The molecule has 0 saturated heterocycles. The van der Waals surface area contributed by atoms with Gasteiger partial charge in [-0.25, -0.2) is 4.79 Å². The zero-order chi connectivity index (χ0) is 22.0. The summed E-state index contributed by atoms with van der Waals surface area (Å²) in [6.07, 6.45) is -10.6. The number of hydrogen-bond donors (Lipinski definition) is 2. The number of nitrogens with one attached hydrogen (secondary N) is 1. The first-order valence-corrected chi connectivity index (χ1v) is 8.23. The van der Waals surface area contributed by atoms with Crippen LogP contribution in [0.3, 0.4) is 0 Å². The second kappa shape index (κ2) is 8.32. The minimum absolute atomic E-state index is 0.130. The van der Waals surface area contributed by atoms with E-state index >= 15 is 0 Å². The van der Waals surface area contributed by atoms with E-state index in [1.54, 1.807) is 12.1 Å². The lowest BCUT2D eigenvalue weighted by Crippen LogP contribution is -2.42. The van der Waals surface area contributed by atoms with E-state index in [0.717, 1.165) is 0 Å². The summed E-state index contributed by atoms with van der Waals surface area (Å²) in [5.41, 5.74) is -4.02. The second-order valence-corrected chi connectivity index (χ2v) is 6.36. The van der Waals surface area contributed by atoms with E-state index in [2.05, 4.69) is 0 Å². The van der Waals surface area contributed by atoms with Crippen molar-refractivity contribution in [1.82, 2.24) is 5.32 Å². The number of benzene rings is 2. The third-order valence-corrected chi connectivity index (χ3v) is 4.20. The molecule has 2 aromatic rings. The Bertz CT molecular complexity index is 894. The molecule has 11 heteroatoms. The molecule has 0 fully saturated rings. The van der Waals surface area contributed by atoms with Crippen molar-refractivity contribution in [2.75, 3.05) is 0 Å². The molecule has 0 aliphatic carbocycles. The number of rotatable bonds is 5. The number of carbonyl (C=O) groups is 2. The number of carboxylic acid groups (broad SMARTS) is 1. The molecule has 156 valence electrons. The molecule has 0 aliphatic heterocycles. The molecule has 0 aliphatic rings. The fourth-order valence-electron chi connectivity index (χ4n) is 2.41. The summed E-state index contributed by atoms with van der Waals surface area (Å²) in [5.74, 6) is -2.94. The van der Waals surface area contributed by atoms with E-state index in [0.29, 0.717) is 5.56 Å². The van der Waals surface area contributed by atoms with Crippen molar-refractivity contribution in [2.45, 2.75) is 24.8 Å². The Labute approximate surface area is 165 Å². The van der Waals surface area contributed by atoms with Gasteiger partial charge < -0.3 is 10.4 Å². The van der Waals surface area contributed by atoms with Crippen LogP contribution in [-0.4, -0.2) is 23.0 Å². The molecule has 0 radical (unpaired) electrons. The predicted molar refractivity (Wildman–Crippen MR) is 90.5 cm³/mol. The van der Waals surface area contributed by atoms with Crippen molar-refractivity contribution in [3.05, 3.63) is 69.7 Å². The quantitative estimate of drug-likeness (QED) is 0.657. The Balaban J connectivity index is 2.36. The molecule has 0 aromatic heterocycles. The smallest absolute Gasteiger partial charge is 0.416 e. The second-order valence-electron chi connectivity index (χ2n) is 5.95. The zero-order valence-electron chi connectivity index (χ0n) is 14.2. The molecule has 0 heterocycles. The van der Waals surface area contributed by atoms with E-state index in [4.69, 9.17) is 11.6 Å². The standard InChI is InChI=1S/C18H12ClF6NO3/c19-13-4-2-1-3-9(13)7-14(16(28)29)26-15(27)10-5-11(17(20,21)22)8-12(6-10)18(23,24)25/h1-6,8,14H,7H2,(H,26,27)(H,28,29)/t14-/m0/s1. The molecule has 2 rings (SSSR count). The van der Waals surface area contributed by atoms with Crippen molar-refractivity contribution in [1.29, 1.82) is 0 Å². The highest BCUT2D eigenvalue weighted by Crippen LogP contribution is 2.36. The highest BCUT2D eigenvalue weighted by Gasteiger charge is 2.37. The van der Waals surface area contributed by atoms with Gasteiger partial charge in [0.25, 0.3) is 5.91 Å². The average molecular weight is 440 g/mol. The van der Waals surface area contributed by atoms with Crippen LogP contribution in [0.15, 0.2) is 42.5 Å². The van der Waals surface area contributed by atoms with Crippen LogP contribution in [0.1, 0.15) is 27.0 Å². The molecule has 0 bridgehead atoms. The van der Waals surface area contributed by atoms with Gasteiger partial charge in [0, 0.05) is 17.0 Å². The number of hydrogen-bond acceptors (Lipinski definition) is 2. The van der Waals surface area contributed by atoms with Crippen LogP contribution in [0.25, 0.3) is 0 Å². The van der Waals surface area contributed by atoms with Gasteiger partial charge in [0.1, 0.15) is 6.04 Å². The van der Waals surface area contributed by atoms with E-state index in [-0.39, 0.29) is 29.6 Å². The number of aliphatic carboxylic acids is 1. The van der Waals surface area contributed by atoms with Gasteiger partial charge in [-0.15, -0.1) is 0 Å². The predicted octanol–water partition coefficient (Wildman–Crippen LogP) is 4.80. The van der Waals surface area contributed by atoms with Gasteiger partial charge in [0.2, 0.25) is 0 Å². The third-order valence-electron chi connectivity index (χ3n) is 3.84. The fourth-order valence-corrected chi connectivity index (χ4v) is 2.62. The van der Waals surface area contributed by atoms with Gasteiger partial charge in [0.05, 0.1) is 11.1 Å². The fraction of sp³-hybridized carbons (Fsp3) is 0.222. The first-order valence-electron chi connectivity index (χ1n) is 7.85. The Kier molecular flexibility index (Phi) is 6.46. The zero-order valence-corrected chi connectivity index (χ0v) is 15.0. The Morgan fingerprint density at radius 1 is 0.966 bits per heavy atom. The van der Waals surface area contributed by atoms with Gasteiger partial charge in [-0.2, -0.15) is 26.3 Å². The molecular formula is C18H12ClF6NO3. The molecule has 1 amide bonds. The Morgan fingerprint density at radius 2 is 1.48 bits per heavy atom. The van der Waals surface area contributed by atoms with Crippen molar-refractivity contribution in [2.24, 2.45) is 0 Å². The van der Waals surface area contributed by atoms with Crippen LogP contribution >= 0.6 is 11.6 Å². The lowest BCUT2D eigenvalue weighted by Gasteiger charge is -2.17. The summed E-state index contributed by atoms with van der Waals surface area (Å²) >= 11 is 5.91. The number of carboxylic acids is 1. The molecule has 2 N–H and O–H groups in total. The highest BCUT2D eigenvalue weighted by atomic mass is 35.5. The van der Waals surface area contributed by atoms with Gasteiger partial charge in [0.15, 0.2) is 0 Å². The van der Waals surface area contributed by atoms with Gasteiger partial charge in [-0.3, -0.25) is 4.79 Å². The van der Waals surface area contributed by atoms with Crippen LogP contribution < -0.4 is 5.32 Å². The van der Waals surface area contributed by atoms with E-state index in [1.165, 1.54) is 12.1 Å². The maximum atomic E-state index is 12.9. The normalized spacial score (nSPS) is 13.1. The van der Waals surface area contributed by atoms with Crippen LogP contribution in [-0.2, 0) is 23.6 Å². The highest BCUT2D eigenvalue weighted by molar-refractivity contribution is 6.31. The van der Waals surface area contributed by atoms with E-state index in [9.17, 15) is 41.0 Å². The molecule has 0 unspecified atom stereocenters. The van der Waals surface area contributed by atoms with Crippen molar-refractivity contribution in [3.63, 3.8) is 0 Å². The van der Waals surface area contributed by atoms with Gasteiger partial charge >= 0.3 is 18.3 Å². The monoisotopic (exact) mass is 439 g/mol.